The Kier molecular flexibility index (Phi) is 3.43. The normalized spacial score (nSPS) is 31.6. The Bertz CT molecular complexity index is 216. The number of carboxylic acids is 2. The van der Waals surface area contributed by atoms with Crippen molar-refractivity contribution in [1.29, 1.82) is 0 Å². The number of rotatable bonds is 4. The van der Waals surface area contributed by atoms with Gasteiger partial charge in [0.05, 0.1) is 0 Å². The number of hydrogen-bond acceptors (Lipinski definition) is 4. The van der Waals surface area contributed by atoms with Gasteiger partial charge in [0.2, 0.25) is 0 Å². The summed E-state index contributed by atoms with van der Waals surface area (Å²) < 4.78 is 9.87. The Labute approximate surface area is 80.4 Å². The van der Waals surface area contributed by atoms with Crippen LogP contribution in [0, 0.1) is 0 Å². The van der Waals surface area contributed by atoms with Gasteiger partial charge in [0, 0.05) is 0 Å². The molecule has 1 rings (SSSR count). The van der Waals surface area contributed by atoms with Gasteiger partial charge >= 0.3 is 11.9 Å². The number of ether oxygens (including phenoxy) is 2. The highest BCUT2D eigenvalue weighted by atomic mass is 16.7. The number of hydrogen-bond donors (Lipinski definition) is 2. The van der Waals surface area contributed by atoms with Gasteiger partial charge in [-0.05, 0) is 6.42 Å². The van der Waals surface area contributed by atoms with Crippen LogP contribution in [-0.2, 0) is 19.1 Å². The number of carboxylic acid groups (broad SMARTS) is 2. The summed E-state index contributed by atoms with van der Waals surface area (Å²) >= 11 is 0. The Hall–Kier alpha value is -1.14. The maximum Gasteiger partial charge on any atom is 0.336 e. The summed E-state index contributed by atoms with van der Waals surface area (Å²) in [6.45, 7) is 1.87. The number of carbonyl (C=O) groups is 2. The van der Waals surface area contributed by atoms with Gasteiger partial charge in [0.15, 0.2) is 18.5 Å². The molecule has 2 atom stereocenters. The van der Waals surface area contributed by atoms with Crippen molar-refractivity contribution >= 4 is 11.9 Å². The third-order valence-electron chi connectivity index (χ3n) is 1.88. The minimum absolute atomic E-state index is 0.494. The van der Waals surface area contributed by atoms with Crippen molar-refractivity contribution in [3.05, 3.63) is 0 Å². The molecule has 0 aromatic heterocycles. The van der Waals surface area contributed by atoms with E-state index >= 15 is 0 Å². The van der Waals surface area contributed by atoms with Crippen molar-refractivity contribution < 1.29 is 29.3 Å². The first kappa shape index (κ1) is 10.9. The van der Waals surface area contributed by atoms with Gasteiger partial charge in [-0.25, -0.2) is 9.59 Å². The molecule has 0 spiro atoms. The maximum atomic E-state index is 10.6. The second kappa shape index (κ2) is 4.39. The third kappa shape index (κ3) is 2.21. The zero-order valence-electron chi connectivity index (χ0n) is 7.67. The molecule has 1 saturated heterocycles. The molecule has 0 bridgehead atoms. The molecule has 0 aromatic rings. The Morgan fingerprint density at radius 2 is 1.57 bits per heavy atom. The van der Waals surface area contributed by atoms with E-state index in [0.717, 1.165) is 6.42 Å². The highest BCUT2D eigenvalue weighted by molar-refractivity contribution is 5.84. The molecule has 1 aliphatic heterocycles. The molecule has 0 saturated carbocycles. The van der Waals surface area contributed by atoms with Gasteiger partial charge in [-0.15, -0.1) is 0 Å². The molecule has 6 heteroatoms. The van der Waals surface area contributed by atoms with Gasteiger partial charge < -0.3 is 19.7 Å². The fourth-order valence-electron chi connectivity index (χ4n) is 1.25. The van der Waals surface area contributed by atoms with E-state index in [-0.39, 0.29) is 0 Å². The minimum atomic E-state index is -1.40. The first-order valence-electron chi connectivity index (χ1n) is 4.32. The van der Waals surface area contributed by atoms with E-state index in [1.807, 2.05) is 6.92 Å². The van der Waals surface area contributed by atoms with Crippen molar-refractivity contribution in [2.24, 2.45) is 0 Å². The van der Waals surface area contributed by atoms with Crippen LogP contribution >= 0.6 is 0 Å². The van der Waals surface area contributed by atoms with Gasteiger partial charge in [-0.3, -0.25) is 0 Å². The standard InChI is InChI=1S/C8H12O6/c1-2-3-4-13-5(7(9)10)6(14-4)8(11)12/h4-6H,2-3H2,1H3,(H,9,10)(H,11,12). The molecule has 0 aromatic carbocycles. The topological polar surface area (TPSA) is 93.1 Å². The molecule has 2 unspecified atom stereocenters. The second-order valence-corrected chi connectivity index (χ2v) is 3.01. The van der Waals surface area contributed by atoms with E-state index in [4.69, 9.17) is 19.7 Å². The SMILES string of the molecule is CCCC1OC(C(=O)O)C(C(=O)O)O1. The second-order valence-electron chi connectivity index (χ2n) is 3.01. The molecular formula is C8H12O6. The van der Waals surface area contributed by atoms with Gasteiger partial charge in [-0.1, -0.05) is 13.3 Å². The van der Waals surface area contributed by atoms with Crippen LogP contribution in [0.25, 0.3) is 0 Å². The Balaban J connectivity index is 2.65. The minimum Gasteiger partial charge on any atom is -0.479 e. The Morgan fingerprint density at radius 3 is 1.86 bits per heavy atom. The summed E-state index contributed by atoms with van der Waals surface area (Å²) in [5.74, 6) is -2.62. The lowest BCUT2D eigenvalue weighted by Gasteiger charge is -2.06. The predicted octanol–water partition coefficient (Wildman–Crippen LogP) is 0.0658. The van der Waals surface area contributed by atoms with Crippen LogP contribution in [0.15, 0.2) is 0 Å². The monoisotopic (exact) mass is 204 g/mol. The molecule has 14 heavy (non-hydrogen) atoms. The van der Waals surface area contributed by atoms with Crippen LogP contribution in [-0.4, -0.2) is 40.6 Å². The molecule has 6 nitrogen and oxygen atoms in total. The number of aliphatic carboxylic acids is 2. The van der Waals surface area contributed by atoms with Gasteiger partial charge in [0.1, 0.15) is 0 Å². The van der Waals surface area contributed by atoms with Crippen molar-refractivity contribution in [2.45, 2.75) is 38.3 Å². The van der Waals surface area contributed by atoms with E-state index < -0.39 is 30.4 Å². The summed E-state index contributed by atoms with van der Waals surface area (Å²) in [6, 6.07) is 0. The predicted molar refractivity (Wildman–Crippen MR) is 43.7 cm³/mol. The zero-order chi connectivity index (χ0) is 10.7. The summed E-state index contributed by atoms with van der Waals surface area (Å²) in [5, 5.41) is 17.3. The maximum absolute atomic E-state index is 10.6. The van der Waals surface area contributed by atoms with Crippen LogP contribution in [0.4, 0.5) is 0 Å². The molecule has 80 valence electrons. The summed E-state index contributed by atoms with van der Waals surface area (Å²) in [7, 11) is 0. The van der Waals surface area contributed by atoms with Crippen molar-refractivity contribution in [3.8, 4) is 0 Å². The van der Waals surface area contributed by atoms with E-state index in [2.05, 4.69) is 0 Å². The first-order valence-corrected chi connectivity index (χ1v) is 4.32. The fourth-order valence-corrected chi connectivity index (χ4v) is 1.25. The molecule has 0 radical (unpaired) electrons. The summed E-state index contributed by atoms with van der Waals surface area (Å²) in [6.07, 6.45) is -2.29. The highest BCUT2D eigenvalue weighted by Gasteiger charge is 2.45. The van der Waals surface area contributed by atoms with E-state index in [9.17, 15) is 9.59 Å². The molecule has 1 aliphatic rings. The largest absolute Gasteiger partial charge is 0.479 e. The van der Waals surface area contributed by atoms with Crippen LogP contribution in [0.3, 0.4) is 0 Å². The third-order valence-corrected chi connectivity index (χ3v) is 1.88. The highest BCUT2D eigenvalue weighted by Crippen LogP contribution is 2.22. The lowest BCUT2D eigenvalue weighted by atomic mass is 10.2. The van der Waals surface area contributed by atoms with Crippen LogP contribution in [0.2, 0.25) is 0 Å². The summed E-state index contributed by atoms with van der Waals surface area (Å²) in [5.41, 5.74) is 0. The molecule has 0 aliphatic carbocycles. The van der Waals surface area contributed by atoms with Crippen molar-refractivity contribution in [3.63, 3.8) is 0 Å². The molecule has 1 fully saturated rings. The fraction of sp³-hybridized carbons (Fsp3) is 0.750. The first-order chi connectivity index (χ1) is 6.56. The average molecular weight is 204 g/mol. The van der Waals surface area contributed by atoms with E-state index in [0.29, 0.717) is 6.42 Å². The van der Waals surface area contributed by atoms with Crippen molar-refractivity contribution in [2.75, 3.05) is 0 Å². The average Bonchev–Trinajstić information content (AvgIpc) is 2.49. The van der Waals surface area contributed by atoms with Gasteiger partial charge in [0.25, 0.3) is 0 Å². The lowest BCUT2D eigenvalue weighted by molar-refractivity contribution is -0.156. The molecule has 1 heterocycles. The van der Waals surface area contributed by atoms with Crippen LogP contribution < -0.4 is 0 Å². The lowest BCUT2D eigenvalue weighted by Crippen LogP contribution is -2.36. The molecule has 0 amide bonds. The molecule has 2 N–H and O–H groups in total. The molecular weight excluding hydrogens is 192 g/mol. The smallest absolute Gasteiger partial charge is 0.336 e. The quantitative estimate of drug-likeness (QED) is 0.672. The summed E-state index contributed by atoms with van der Waals surface area (Å²) in [4.78, 5) is 21.2. The van der Waals surface area contributed by atoms with Crippen molar-refractivity contribution in [1.82, 2.24) is 0 Å². The van der Waals surface area contributed by atoms with Crippen LogP contribution in [0.1, 0.15) is 19.8 Å². The Morgan fingerprint density at radius 1 is 1.14 bits per heavy atom. The van der Waals surface area contributed by atoms with Crippen LogP contribution in [0.5, 0.6) is 0 Å². The van der Waals surface area contributed by atoms with E-state index in [1.54, 1.807) is 0 Å². The van der Waals surface area contributed by atoms with E-state index in [1.165, 1.54) is 0 Å². The zero-order valence-corrected chi connectivity index (χ0v) is 7.67. The van der Waals surface area contributed by atoms with Gasteiger partial charge in [-0.2, -0.15) is 0 Å².